The molecule has 1 nitrogen and oxygen atoms in total. The third-order valence-corrected chi connectivity index (χ3v) is 11.2. The first-order chi connectivity index (χ1) is 26.7. The van der Waals surface area contributed by atoms with E-state index in [1.165, 1.54) is 88.0 Å². The van der Waals surface area contributed by atoms with Gasteiger partial charge < -0.3 is 4.57 Å². The summed E-state index contributed by atoms with van der Waals surface area (Å²) in [6.45, 7) is 0. The molecule has 0 N–H and O–H groups in total. The smallest absolute Gasteiger partial charge is 0.0547 e. The van der Waals surface area contributed by atoms with E-state index in [-0.39, 0.29) is 5.92 Å². The molecule has 256 valence electrons. The molecule has 54 heavy (non-hydrogen) atoms. The van der Waals surface area contributed by atoms with Crippen molar-refractivity contribution in [1.82, 2.24) is 4.57 Å². The lowest BCUT2D eigenvalue weighted by molar-refractivity contribution is 0.716. The van der Waals surface area contributed by atoms with Crippen LogP contribution in [0.5, 0.6) is 0 Å². The van der Waals surface area contributed by atoms with Gasteiger partial charge in [-0.2, -0.15) is 0 Å². The van der Waals surface area contributed by atoms with Crippen LogP contribution in [-0.4, -0.2) is 4.57 Å². The zero-order valence-corrected chi connectivity index (χ0v) is 30.1. The molecule has 1 aromatic heterocycles. The van der Waals surface area contributed by atoms with Crippen LogP contribution in [0.1, 0.15) is 29.0 Å². The van der Waals surface area contributed by atoms with Crippen molar-refractivity contribution in [2.75, 3.05) is 0 Å². The summed E-state index contributed by atoms with van der Waals surface area (Å²) in [5.74, 6) is 0.257. The Morgan fingerprint density at radius 3 is 1.81 bits per heavy atom. The zero-order valence-electron chi connectivity index (χ0n) is 30.1. The SMILES string of the molecule is c1ccc(-c2ccc(C(CCc3ccc4cc5c6ccccc6n(-c6ccc7ccccc7c6)c5cc4c3)c3cccc(-c4ccccc4)c3)cc2)cc1. The number of nitrogens with zero attached hydrogens (tertiary/aromatic N) is 1. The molecule has 1 atom stereocenters. The molecule has 0 aliphatic carbocycles. The van der Waals surface area contributed by atoms with E-state index in [1.54, 1.807) is 0 Å². The van der Waals surface area contributed by atoms with E-state index < -0.39 is 0 Å². The van der Waals surface area contributed by atoms with Crippen molar-refractivity contribution in [3.8, 4) is 27.9 Å². The molecule has 0 spiro atoms. The van der Waals surface area contributed by atoms with Gasteiger partial charge in [0.1, 0.15) is 0 Å². The molecule has 1 heterocycles. The van der Waals surface area contributed by atoms with Gasteiger partial charge in [-0.15, -0.1) is 0 Å². The minimum absolute atomic E-state index is 0.257. The van der Waals surface area contributed by atoms with E-state index in [0.29, 0.717) is 0 Å². The minimum atomic E-state index is 0.257. The van der Waals surface area contributed by atoms with Crippen molar-refractivity contribution >= 4 is 43.4 Å². The molecule has 0 saturated heterocycles. The molecule has 0 aliphatic heterocycles. The Morgan fingerprint density at radius 2 is 1.00 bits per heavy atom. The van der Waals surface area contributed by atoms with Crippen LogP contribution in [0.25, 0.3) is 71.3 Å². The van der Waals surface area contributed by atoms with E-state index in [2.05, 4.69) is 211 Å². The van der Waals surface area contributed by atoms with Crippen molar-refractivity contribution < 1.29 is 0 Å². The first-order valence-electron chi connectivity index (χ1n) is 19.0. The molecule has 0 aliphatic rings. The lowest BCUT2D eigenvalue weighted by atomic mass is 9.84. The van der Waals surface area contributed by atoms with Crippen LogP contribution in [-0.2, 0) is 6.42 Å². The second-order valence-corrected chi connectivity index (χ2v) is 14.5. The summed E-state index contributed by atoms with van der Waals surface area (Å²) in [7, 11) is 0. The number of rotatable bonds is 8. The van der Waals surface area contributed by atoms with Crippen molar-refractivity contribution in [3.05, 3.63) is 223 Å². The lowest BCUT2D eigenvalue weighted by Crippen LogP contribution is -2.04. The minimum Gasteiger partial charge on any atom is -0.309 e. The molecule has 0 bridgehead atoms. The van der Waals surface area contributed by atoms with Gasteiger partial charge in [0.25, 0.3) is 0 Å². The maximum Gasteiger partial charge on any atom is 0.0547 e. The van der Waals surface area contributed by atoms with Crippen LogP contribution in [0, 0.1) is 0 Å². The molecule has 1 unspecified atom stereocenters. The standard InChI is InChI=1S/C53H39N/c1-3-12-38(13-4-1)41-25-27-42(28-26-41)49(46-19-11-18-43(33-46)39-14-5-2-6-15-39)31-23-37-22-24-45-35-51-50-20-9-10-21-52(50)54(53(51)36-47(45)32-37)48-30-29-40-16-7-8-17-44(40)34-48/h1-22,24-30,32-36,49H,23,31H2. The summed E-state index contributed by atoms with van der Waals surface area (Å²) in [6.07, 6.45) is 1.98. The number of aromatic nitrogens is 1. The fourth-order valence-electron chi connectivity index (χ4n) is 8.45. The lowest BCUT2D eigenvalue weighted by Gasteiger charge is -2.20. The summed E-state index contributed by atoms with van der Waals surface area (Å²) in [6, 6.07) is 76.0. The molecule has 0 saturated carbocycles. The molecule has 10 aromatic rings. The van der Waals surface area contributed by atoms with Gasteiger partial charge in [0.05, 0.1) is 11.0 Å². The van der Waals surface area contributed by atoms with Crippen LogP contribution in [0.4, 0.5) is 0 Å². The highest BCUT2D eigenvalue weighted by atomic mass is 15.0. The normalized spacial score (nSPS) is 12.1. The van der Waals surface area contributed by atoms with Crippen LogP contribution in [0.2, 0.25) is 0 Å². The van der Waals surface area contributed by atoms with Crippen molar-refractivity contribution in [3.63, 3.8) is 0 Å². The second-order valence-electron chi connectivity index (χ2n) is 14.5. The first kappa shape index (κ1) is 32.0. The summed E-state index contributed by atoms with van der Waals surface area (Å²) in [4.78, 5) is 0. The summed E-state index contributed by atoms with van der Waals surface area (Å²) >= 11 is 0. The van der Waals surface area contributed by atoms with E-state index in [1.807, 2.05) is 0 Å². The quantitative estimate of drug-likeness (QED) is 0.150. The van der Waals surface area contributed by atoms with Gasteiger partial charge in [0.15, 0.2) is 0 Å². The predicted octanol–water partition coefficient (Wildman–Crippen LogP) is 14.2. The van der Waals surface area contributed by atoms with Crippen LogP contribution in [0.15, 0.2) is 206 Å². The first-order valence-corrected chi connectivity index (χ1v) is 19.0. The van der Waals surface area contributed by atoms with Gasteiger partial charge in [0, 0.05) is 22.4 Å². The van der Waals surface area contributed by atoms with Crippen LogP contribution in [0.3, 0.4) is 0 Å². The maximum atomic E-state index is 2.44. The monoisotopic (exact) mass is 689 g/mol. The van der Waals surface area contributed by atoms with Gasteiger partial charge in [0.2, 0.25) is 0 Å². The molecule has 0 radical (unpaired) electrons. The van der Waals surface area contributed by atoms with Crippen molar-refractivity contribution in [1.29, 1.82) is 0 Å². The maximum absolute atomic E-state index is 2.44. The summed E-state index contributed by atoms with van der Waals surface area (Å²) in [5.41, 5.74) is 12.7. The van der Waals surface area contributed by atoms with Gasteiger partial charge in [-0.1, -0.05) is 176 Å². The number of hydrogen-bond donors (Lipinski definition) is 0. The Balaban J connectivity index is 1.03. The number of fused-ring (bicyclic) bond motifs is 5. The molecule has 10 rings (SSSR count). The van der Waals surface area contributed by atoms with Crippen molar-refractivity contribution in [2.45, 2.75) is 18.8 Å². The summed E-state index contributed by atoms with van der Waals surface area (Å²) in [5, 5.41) is 7.63. The highest BCUT2D eigenvalue weighted by molar-refractivity contribution is 6.13. The largest absolute Gasteiger partial charge is 0.309 e. The Hall–Kier alpha value is -6.70. The number of aryl methyl sites for hydroxylation is 1. The third-order valence-electron chi connectivity index (χ3n) is 11.2. The molecular formula is C53H39N. The average molecular weight is 690 g/mol. The Labute approximate surface area is 316 Å². The van der Waals surface area contributed by atoms with Gasteiger partial charge in [-0.05, 0) is 104 Å². The Bertz CT molecular complexity index is 2920. The van der Waals surface area contributed by atoms with Gasteiger partial charge >= 0.3 is 0 Å². The predicted molar refractivity (Wildman–Crippen MR) is 230 cm³/mol. The molecule has 9 aromatic carbocycles. The molecule has 0 amide bonds. The molecule has 1 heteroatoms. The fourth-order valence-corrected chi connectivity index (χ4v) is 8.45. The Kier molecular flexibility index (Phi) is 8.11. The molecular weight excluding hydrogens is 651 g/mol. The highest BCUT2D eigenvalue weighted by Gasteiger charge is 2.18. The van der Waals surface area contributed by atoms with E-state index in [4.69, 9.17) is 0 Å². The highest BCUT2D eigenvalue weighted by Crippen LogP contribution is 2.37. The van der Waals surface area contributed by atoms with Crippen LogP contribution < -0.4 is 0 Å². The number of benzene rings is 9. The third kappa shape index (κ3) is 5.94. The van der Waals surface area contributed by atoms with Crippen LogP contribution >= 0.6 is 0 Å². The van der Waals surface area contributed by atoms with E-state index >= 15 is 0 Å². The number of hydrogen-bond acceptors (Lipinski definition) is 0. The topological polar surface area (TPSA) is 4.93 Å². The summed E-state index contributed by atoms with van der Waals surface area (Å²) < 4.78 is 2.44. The molecule has 0 fully saturated rings. The van der Waals surface area contributed by atoms with E-state index in [0.717, 1.165) is 12.8 Å². The van der Waals surface area contributed by atoms with E-state index in [9.17, 15) is 0 Å². The fraction of sp³-hybridized carbons (Fsp3) is 0.0566. The van der Waals surface area contributed by atoms with Gasteiger partial charge in [-0.25, -0.2) is 0 Å². The second kappa shape index (κ2) is 13.7. The Morgan fingerprint density at radius 1 is 0.352 bits per heavy atom. The number of para-hydroxylation sites is 1. The van der Waals surface area contributed by atoms with Gasteiger partial charge in [-0.3, -0.25) is 0 Å². The van der Waals surface area contributed by atoms with Crippen molar-refractivity contribution in [2.24, 2.45) is 0 Å². The zero-order chi connectivity index (χ0) is 35.8. The average Bonchev–Trinajstić information content (AvgIpc) is 3.56.